The van der Waals surface area contributed by atoms with Crippen LogP contribution in [0.1, 0.15) is 36.0 Å². The number of nitrogens with zero attached hydrogens (tertiary/aromatic N) is 1. The first kappa shape index (κ1) is 23.5. The summed E-state index contributed by atoms with van der Waals surface area (Å²) in [6, 6.07) is 18.1. The molecule has 0 aliphatic carbocycles. The lowest BCUT2D eigenvalue weighted by Crippen LogP contribution is -2.32. The number of carbonyl (C=O) groups excluding carboxylic acids is 1. The van der Waals surface area contributed by atoms with Gasteiger partial charge in [0.1, 0.15) is 12.4 Å². The Morgan fingerprint density at radius 2 is 1.67 bits per heavy atom. The number of hydrogen-bond donors (Lipinski definition) is 1. The van der Waals surface area contributed by atoms with Gasteiger partial charge in [-0.2, -0.15) is 4.31 Å². The summed E-state index contributed by atoms with van der Waals surface area (Å²) < 4.78 is 33.4. The fraction of sp³-hybridized carbons (Fsp3) is 0.320. The van der Waals surface area contributed by atoms with Gasteiger partial charge in [0.25, 0.3) is 5.91 Å². The summed E-state index contributed by atoms with van der Waals surface area (Å²) in [4.78, 5) is 12.8. The van der Waals surface area contributed by atoms with Crippen molar-refractivity contribution in [2.75, 3.05) is 26.2 Å². The van der Waals surface area contributed by atoms with Gasteiger partial charge in [0.2, 0.25) is 10.0 Å². The van der Waals surface area contributed by atoms with Crippen LogP contribution in [0.4, 0.5) is 0 Å². The van der Waals surface area contributed by atoms with Crippen molar-refractivity contribution in [3.05, 3.63) is 71.2 Å². The molecule has 1 saturated heterocycles. The van der Waals surface area contributed by atoms with Gasteiger partial charge in [0.05, 0.1) is 22.0 Å². The highest BCUT2D eigenvalue weighted by atomic mass is 35.5. The Hall–Kier alpha value is -2.61. The van der Waals surface area contributed by atoms with E-state index in [-0.39, 0.29) is 28.6 Å². The average molecular weight is 487 g/mol. The second-order valence-corrected chi connectivity index (χ2v) is 10.4. The second-order valence-electron chi connectivity index (χ2n) is 8.07. The molecule has 0 aromatic heterocycles. The summed E-state index contributed by atoms with van der Waals surface area (Å²) in [5.41, 5.74) is 0.137. The molecule has 4 rings (SSSR count). The van der Waals surface area contributed by atoms with Crippen LogP contribution in [0.3, 0.4) is 0 Å². The maximum absolute atomic E-state index is 13.1. The highest BCUT2D eigenvalue weighted by Gasteiger charge is 2.26. The molecule has 1 aliphatic heterocycles. The van der Waals surface area contributed by atoms with Gasteiger partial charge in [-0.1, -0.05) is 54.8 Å². The molecule has 6 nitrogen and oxygen atoms in total. The number of amides is 1. The van der Waals surface area contributed by atoms with Gasteiger partial charge in [-0.25, -0.2) is 8.42 Å². The fourth-order valence-corrected chi connectivity index (χ4v) is 5.70. The molecule has 0 spiro atoms. The first-order valence-electron chi connectivity index (χ1n) is 11.1. The topological polar surface area (TPSA) is 75.7 Å². The van der Waals surface area contributed by atoms with Crippen molar-refractivity contribution in [3.8, 4) is 5.75 Å². The highest BCUT2D eigenvalue weighted by molar-refractivity contribution is 7.89. The van der Waals surface area contributed by atoms with Gasteiger partial charge in [-0.15, -0.1) is 0 Å². The average Bonchev–Trinajstić information content (AvgIpc) is 3.12. The van der Waals surface area contributed by atoms with Crippen molar-refractivity contribution >= 4 is 38.3 Å². The third-order valence-corrected chi connectivity index (χ3v) is 7.99. The van der Waals surface area contributed by atoms with Crippen molar-refractivity contribution < 1.29 is 17.9 Å². The molecule has 0 saturated carbocycles. The number of ether oxygens (including phenoxy) is 1. The molecule has 1 amide bonds. The van der Waals surface area contributed by atoms with Gasteiger partial charge in [0, 0.05) is 13.1 Å². The van der Waals surface area contributed by atoms with Crippen LogP contribution in [-0.4, -0.2) is 44.9 Å². The van der Waals surface area contributed by atoms with E-state index in [0.29, 0.717) is 18.8 Å². The summed E-state index contributed by atoms with van der Waals surface area (Å²) in [5.74, 6) is 0.279. The van der Waals surface area contributed by atoms with Gasteiger partial charge in [-0.3, -0.25) is 4.79 Å². The molecule has 3 aromatic rings. The lowest BCUT2D eigenvalue weighted by Gasteiger charge is -2.20. The summed E-state index contributed by atoms with van der Waals surface area (Å²) in [7, 11) is -3.67. The van der Waals surface area contributed by atoms with E-state index in [2.05, 4.69) is 5.32 Å². The van der Waals surface area contributed by atoms with Crippen molar-refractivity contribution in [3.63, 3.8) is 0 Å². The minimum atomic E-state index is -3.67. The molecule has 0 radical (unpaired) electrons. The number of hydrogen-bond acceptors (Lipinski definition) is 4. The molecular formula is C25H27ClN2O4S. The smallest absolute Gasteiger partial charge is 0.252 e. The van der Waals surface area contributed by atoms with E-state index in [1.54, 1.807) is 0 Å². The van der Waals surface area contributed by atoms with Gasteiger partial charge in [-0.05, 0) is 53.9 Å². The molecule has 1 N–H and O–H groups in total. The minimum Gasteiger partial charge on any atom is -0.492 e. The van der Waals surface area contributed by atoms with Crippen molar-refractivity contribution in [1.29, 1.82) is 0 Å². The number of nitrogens with one attached hydrogen (secondary N) is 1. The summed E-state index contributed by atoms with van der Waals surface area (Å²) in [5, 5.41) is 5.17. The van der Waals surface area contributed by atoms with Crippen LogP contribution in [0, 0.1) is 0 Å². The molecule has 1 fully saturated rings. The molecule has 33 heavy (non-hydrogen) atoms. The number of carbonyl (C=O) groups is 1. The second kappa shape index (κ2) is 10.5. The summed E-state index contributed by atoms with van der Waals surface area (Å²) in [6.07, 6.45) is 3.75. The number of benzene rings is 3. The third kappa shape index (κ3) is 5.66. The van der Waals surface area contributed by atoms with E-state index in [9.17, 15) is 13.2 Å². The van der Waals surface area contributed by atoms with Crippen LogP contribution in [-0.2, 0) is 10.0 Å². The van der Waals surface area contributed by atoms with Crippen molar-refractivity contribution in [2.45, 2.75) is 30.6 Å². The molecule has 174 valence electrons. The Kier molecular flexibility index (Phi) is 7.53. The van der Waals surface area contributed by atoms with E-state index in [1.165, 1.54) is 22.5 Å². The Morgan fingerprint density at radius 3 is 2.42 bits per heavy atom. The van der Waals surface area contributed by atoms with Crippen LogP contribution >= 0.6 is 11.6 Å². The number of sulfonamides is 1. The zero-order valence-electron chi connectivity index (χ0n) is 18.3. The molecular weight excluding hydrogens is 460 g/mol. The molecule has 0 bridgehead atoms. The maximum atomic E-state index is 13.1. The van der Waals surface area contributed by atoms with E-state index in [0.717, 1.165) is 36.5 Å². The maximum Gasteiger partial charge on any atom is 0.252 e. The van der Waals surface area contributed by atoms with E-state index < -0.39 is 15.9 Å². The SMILES string of the molecule is O=C(NCCOc1ccc2ccccc2c1)c1cc(S(=O)(=O)N2CCCCCC2)ccc1Cl. The Bertz CT molecular complexity index is 1240. The normalized spacial score (nSPS) is 15.2. The van der Waals surface area contributed by atoms with Crippen LogP contribution in [0.5, 0.6) is 5.75 Å². The summed E-state index contributed by atoms with van der Waals surface area (Å²) in [6.45, 7) is 1.52. The van der Waals surface area contributed by atoms with Crippen molar-refractivity contribution in [1.82, 2.24) is 9.62 Å². The first-order chi connectivity index (χ1) is 15.9. The quantitative estimate of drug-likeness (QED) is 0.483. The molecule has 8 heteroatoms. The summed E-state index contributed by atoms with van der Waals surface area (Å²) >= 11 is 6.22. The zero-order valence-corrected chi connectivity index (χ0v) is 19.9. The lowest BCUT2D eigenvalue weighted by molar-refractivity contribution is 0.0947. The van der Waals surface area contributed by atoms with Crippen molar-refractivity contribution in [2.24, 2.45) is 0 Å². The van der Waals surface area contributed by atoms with Crippen LogP contribution in [0.15, 0.2) is 65.6 Å². The molecule has 0 unspecified atom stereocenters. The van der Waals surface area contributed by atoms with E-state index in [4.69, 9.17) is 16.3 Å². The molecule has 3 aromatic carbocycles. The highest BCUT2D eigenvalue weighted by Crippen LogP contribution is 2.25. The third-order valence-electron chi connectivity index (χ3n) is 5.76. The Balaban J connectivity index is 1.38. The Labute approximate surface area is 199 Å². The van der Waals surface area contributed by atoms with Crippen LogP contribution in [0.25, 0.3) is 10.8 Å². The van der Waals surface area contributed by atoms with E-state index >= 15 is 0 Å². The van der Waals surface area contributed by atoms with E-state index in [1.807, 2.05) is 42.5 Å². The van der Waals surface area contributed by atoms with Crippen LogP contribution in [0.2, 0.25) is 5.02 Å². The molecule has 1 heterocycles. The standard InChI is InChI=1S/C25H27ClN2O4S/c26-24-12-11-22(33(30,31)28-14-5-1-2-6-15-28)18-23(24)25(29)27-13-16-32-21-10-9-19-7-3-4-8-20(19)17-21/h3-4,7-12,17-18H,1-2,5-6,13-16H2,(H,27,29). The zero-order chi connectivity index (χ0) is 23.3. The van der Waals surface area contributed by atoms with Gasteiger partial charge >= 0.3 is 0 Å². The number of rotatable bonds is 7. The molecule has 0 atom stereocenters. The largest absolute Gasteiger partial charge is 0.492 e. The lowest BCUT2D eigenvalue weighted by atomic mass is 10.1. The predicted molar refractivity (Wildman–Crippen MR) is 130 cm³/mol. The minimum absolute atomic E-state index is 0.0892. The van der Waals surface area contributed by atoms with Gasteiger partial charge < -0.3 is 10.1 Å². The van der Waals surface area contributed by atoms with Crippen LogP contribution < -0.4 is 10.1 Å². The van der Waals surface area contributed by atoms with Gasteiger partial charge in [0.15, 0.2) is 0 Å². The Morgan fingerprint density at radius 1 is 0.939 bits per heavy atom. The molecule has 1 aliphatic rings. The number of fused-ring (bicyclic) bond motifs is 1. The number of halogens is 1. The first-order valence-corrected chi connectivity index (χ1v) is 13.0. The monoisotopic (exact) mass is 486 g/mol. The fourth-order valence-electron chi connectivity index (χ4n) is 3.96. The predicted octanol–water partition coefficient (Wildman–Crippen LogP) is 4.87.